The summed E-state index contributed by atoms with van der Waals surface area (Å²) in [5, 5.41) is 7.74. The summed E-state index contributed by atoms with van der Waals surface area (Å²) in [4.78, 5) is 26.1. The summed E-state index contributed by atoms with van der Waals surface area (Å²) < 4.78 is 22.5. The molecule has 3 N–H and O–H groups in total. The number of carbonyl (C=O) groups excluding carboxylic acids is 2. The molecule has 1 aliphatic heterocycles. The quantitative estimate of drug-likeness (QED) is 0.858. The number of hydrogen-bond donors (Lipinski definition) is 2. The third kappa shape index (κ3) is 3.86. The standard InChI is InChI=1S/C17H17N3O4S/c18-25(23,24)15-8-6-13(7-9-15)19-17(22)12-10-16(21)20(11-12)14-4-2-1-3-5-14/h1-9,12H,10-11H2,(H,19,22)(H2,18,23,24)/t12-/m0/s1. The minimum Gasteiger partial charge on any atom is -0.326 e. The van der Waals surface area contributed by atoms with Crippen molar-refractivity contribution < 1.29 is 18.0 Å². The lowest BCUT2D eigenvalue weighted by Gasteiger charge is -2.16. The molecule has 1 aliphatic rings. The molecule has 25 heavy (non-hydrogen) atoms. The van der Waals surface area contributed by atoms with Crippen LogP contribution in [0.5, 0.6) is 0 Å². The van der Waals surface area contributed by atoms with Crippen molar-refractivity contribution in [1.29, 1.82) is 0 Å². The zero-order valence-corrected chi connectivity index (χ0v) is 14.1. The molecule has 7 nitrogen and oxygen atoms in total. The highest BCUT2D eigenvalue weighted by molar-refractivity contribution is 7.89. The molecule has 0 radical (unpaired) electrons. The molecular formula is C17H17N3O4S. The third-order valence-electron chi connectivity index (χ3n) is 4.01. The second kappa shape index (κ2) is 6.66. The number of para-hydroxylation sites is 1. The van der Waals surface area contributed by atoms with Crippen molar-refractivity contribution in [2.45, 2.75) is 11.3 Å². The zero-order chi connectivity index (χ0) is 18.0. The fourth-order valence-electron chi connectivity index (χ4n) is 2.71. The number of rotatable bonds is 4. The highest BCUT2D eigenvalue weighted by atomic mass is 32.2. The highest BCUT2D eigenvalue weighted by Crippen LogP contribution is 2.26. The first kappa shape index (κ1) is 17.1. The van der Waals surface area contributed by atoms with Gasteiger partial charge in [-0.1, -0.05) is 18.2 Å². The van der Waals surface area contributed by atoms with Gasteiger partial charge in [-0.25, -0.2) is 13.6 Å². The normalized spacial score (nSPS) is 17.6. The average molecular weight is 359 g/mol. The van der Waals surface area contributed by atoms with Gasteiger partial charge >= 0.3 is 0 Å². The van der Waals surface area contributed by atoms with Crippen LogP contribution >= 0.6 is 0 Å². The van der Waals surface area contributed by atoms with E-state index in [-0.39, 0.29) is 23.1 Å². The minimum absolute atomic E-state index is 0.0307. The first-order valence-electron chi connectivity index (χ1n) is 7.64. The maximum atomic E-state index is 12.4. The highest BCUT2D eigenvalue weighted by Gasteiger charge is 2.35. The van der Waals surface area contributed by atoms with Crippen LogP contribution in [0.4, 0.5) is 11.4 Å². The number of nitrogens with zero attached hydrogens (tertiary/aromatic N) is 1. The minimum atomic E-state index is -3.77. The number of primary sulfonamides is 1. The second-order valence-corrected chi connectivity index (χ2v) is 7.36. The lowest BCUT2D eigenvalue weighted by atomic mass is 10.1. The molecule has 1 saturated heterocycles. The Morgan fingerprint density at radius 1 is 1.08 bits per heavy atom. The van der Waals surface area contributed by atoms with Gasteiger partial charge in [0.2, 0.25) is 21.8 Å². The summed E-state index contributed by atoms with van der Waals surface area (Å²) in [7, 11) is -3.77. The second-order valence-electron chi connectivity index (χ2n) is 5.80. The maximum absolute atomic E-state index is 12.4. The van der Waals surface area contributed by atoms with Gasteiger partial charge in [-0.3, -0.25) is 9.59 Å². The van der Waals surface area contributed by atoms with Gasteiger partial charge < -0.3 is 10.2 Å². The van der Waals surface area contributed by atoms with Crippen LogP contribution in [-0.2, 0) is 19.6 Å². The summed E-state index contributed by atoms with van der Waals surface area (Å²) in [5.41, 5.74) is 1.21. The van der Waals surface area contributed by atoms with E-state index in [1.807, 2.05) is 30.3 Å². The van der Waals surface area contributed by atoms with Crippen LogP contribution in [0.15, 0.2) is 59.5 Å². The van der Waals surface area contributed by atoms with E-state index in [9.17, 15) is 18.0 Å². The number of nitrogens with two attached hydrogens (primary N) is 1. The summed E-state index contributed by atoms with van der Waals surface area (Å²) >= 11 is 0. The van der Waals surface area contributed by atoms with Crippen LogP contribution in [0.1, 0.15) is 6.42 Å². The van der Waals surface area contributed by atoms with E-state index in [1.54, 1.807) is 4.90 Å². The van der Waals surface area contributed by atoms with Crippen LogP contribution in [0.25, 0.3) is 0 Å². The lowest BCUT2D eigenvalue weighted by molar-refractivity contribution is -0.122. The largest absolute Gasteiger partial charge is 0.326 e. The van der Waals surface area contributed by atoms with Crippen molar-refractivity contribution in [1.82, 2.24) is 0 Å². The van der Waals surface area contributed by atoms with Gasteiger partial charge in [0.05, 0.1) is 10.8 Å². The van der Waals surface area contributed by atoms with Crippen molar-refractivity contribution in [2.24, 2.45) is 11.1 Å². The summed E-state index contributed by atoms with van der Waals surface area (Å²) in [6.45, 7) is 0.309. The molecule has 0 aromatic heterocycles. The Hall–Kier alpha value is -2.71. The molecule has 2 amide bonds. The molecule has 130 valence electrons. The topological polar surface area (TPSA) is 110 Å². The van der Waals surface area contributed by atoms with E-state index in [0.29, 0.717) is 12.2 Å². The summed E-state index contributed by atoms with van der Waals surface area (Å²) in [6, 6.07) is 14.7. The lowest BCUT2D eigenvalue weighted by Crippen LogP contribution is -2.28. The van der Waals surface area contributed by atoms with Crippen molar-refractivity contribution in [3.05, 3.63) is 54.6 Å². The number of benzene rings is 2. The van der Waals surface area contributed by atoms with E-state index < -0.39 is 15.9 Å². The van der Waals surface area contributed by atoms with E-state index in [0.717, 1.165) is 5.69 Å². The van der Waals surface area contributed by atoms with E-state index >= 15 is 0 Å². The molecule has 1 fully saturated rings. The van der Waals surface area contributed by atoms with E-state index in [4.69, 9.17) is 5.14 Å². The molecule has 3 rings (SSSR count). The monoisotopic (exact) mass is 359 g/mol. The predicted molar refractivity (Wildman–Crippen MR) is 93.3 cm³/mol. The number of sulfonamides is 1. The van der Waals surface area contributed by atoms with Gasteiger partial charge in [0.1, 0.15) is 0 Å². The number of carbonyl (C=O) groups is 2. The number of amides is 2. The van der Waals surface area contributed by atoms with Crippen molar-refractivity contribution in [2.75, 3.05) is 16.8 Å². The van der Waals surface area contributed by atoms with Crippen LogP contribution in [0.2, 0.25) is 0 Å². The molecule has 0 spiro atoms. The Balaban J connectivity index is 1.67. The zero-order valence-electron chi connectivity index (χ0n) is 13.3. The fourth-order valence-corrected chi connectivity index (χ4v) is 3.23. The number of hydrogen-bond acceptors (Lipinski definition) is 4. The maximum Gasteiger partial charge on any atom is 0.238 e. The molecule has 0 bridgehead atoms. The number of nitrogens with one attached hydrogen (secondary N) is 1. The molecule has 2 aromatic rings. The molecule has 2 aromatic carbocycles. The Bertz CT molecular complexity index is 895. The Morgan fingerprint density at radius 2 is 1.72 bits per heavy atom. The first-order valence-corrected chi connectivity index (χ1v) is 9.18. The average Bonchev–Trinajstić information content (AvgIpc) is 2.97. The van der Waals surface area contributed by atoms with Gasteiger partial charge in [0.25, 0.3) is 0 Å². The Morgan fingerprint density at radius 3 is 2.32 bits per heavy atom. The predicted octanol–water partition coefficient (Wildman–Crippen LogP) is 1.33. The molecule has 1 heterocycles. The molecule has 0 saturated carbocycles. The molecular weight excluding hydrogens is 342 g/mol. The van der Waals surface area contributed by atoms with E-state index in [1.165, 1.54) is 24.3 Å². The van der Waals surface area contributed by atoms with Gasteiger partial charge in [0.15, 0.2) is 0 Å². The Kier molecular flexibility index (Phi) is 4.56. The summed E-state index contributed by atoms with van der Waals surface area (Å²) in [6.07, 6.45) is 0.135. The van der Waals surface area contributed by atoms with Crippen molar-refractivity contribution in [3.63, 3.8) is 0 Å². The van der Waals surface area contributed by atoms with Gasteiger partial charge in [-0.2, -0.15) is 0 Å². The first-order chi connectivity index (χ1) is 11.8. The molecule has 0 aliphatic carbocycles. The van der Waals surface area contributed by atoms with Gasteiger partial charge in [0, 0.05) is 24.3 Å². The van der Waals surface area contributed by atoms with Crippen LogP contribution in [-0.4, -0.2) is 26.8 Å². The van der Waals surface area contributed by atoms with Gasteiger partial charge in [-0.15, -0.1) is 0 Å². The number of anilines is 2. The van der Waals surface area contributed by atoms with Crippen LogP contribution < -0.4 is 15.4 Å². The summed E-state index contributed by atoms with van der Waals surface area (Å²) in [5.74, 6) is -0.850. The smallest absolute Gasteiger partial charge is 0.238 e. The van der Waals surface area contributed by atoms with Crippen LogP contribution in [0, 0.1) is 5.92 Å². The van der Waals surface area contributed by atoms with E-state index in [2.05, 4.69) is 5.32 Å². The molecule has 8 heteroatoms. The van der Waals surface area contributed by atoms with Gasteiger partial charge in [-0.05, 0) is 36.4 Å². The Labute approximate surface area is 145 Å². The van der Waals surface area contributed by atoms with Crippen molar-refractivity contribution >= 4 is 33.2 Å². The molecule has 0 unspecified atom stereocenters. The fraction of sp³-hybridized carbons (Fsp3) is 0.176. The van der Waals surface area contributed by atoms with Crippen LogP contribution in [0.3, 0.4) is 0 Å². The van der Waals surface area contributed by atoms with Crippen molar-refractivity contribution in [3.8, 4) is 0 Å². The third-order valence-corrected chi connectivity index (χ3v) is 4.94. The molecule has 1 atom stereocenters. The SMILES string of the molecule is NS(=O)(=O)c1ccc(NC(=O)[C@H]2CC(=O)N(c3ccccc3)C2)cc1.